The molecule has 88 valence electrons. The molecule has 1 N–H and O–H groups in total. The van der Waals surface area contributed by atoms with E-state index in [2.05, 4.69) is 28.2 Å². The fourth-order valence-electron chi connectivity index (χ4n) is 1.57. The summed E-state index contributed by atoms with van der Waals surface area (Å²) in [5.74, 6) is 1.12. The zero-order chi connectivity index (χ0) is 12.0. The molecule has 1 heterocycles. The van der Waals surface area contributed by atoms with Crippen LogP contribution in [0.4, 0.5) is 0 Å². The highest BCUT2D eigenvalue weighted by Gasteiger charge is 2.06. The van der Waals surface area contributed by atoms with Gasteiger partial charge in [0, 0.05) is 26.3 Å². The number of allylic oxidation sites excluding steroid dienone is 1. The van der Waals surface area contributed by atoms with E-state index >= 15 is 0 Å². The molecule has 0 spiro atoms. The van der Waals surface area contributed by atoms with Crippen molar-refractivity contribution >= 4 is 11.6 Å². The molecule has 0 saturated heterocycles. The SMILES string of the molecule is CC=C(NC)N(CC)Cc1ccc(Cl)nc1. The van der Waals surface area contributed by atoms with Crippen LogP contribution >= 0.6 is 11.6 Å². The Morgan fingerprint density at radius 1 is 1.56 bits per heavy atom. The number of hydrogen-bond donors (Lipinski definition) is 1. The molecule has 0 aliphatic heterocycles. The van der Waals surface area contributed by atoms with Gasteiger partial charge in [-0.25, -0.2) is 4.98 Å². The van der Waals surface area contributed by atoms with E-state index in [0.717, 1.165) is 24.5 Å². The summed E-state index contributed by atoms with van der Waals surface area (Å²) in [6.07, 6.45) is 3.88. The van der Waals surface area contributed by atoms with E-state index in [-0.39, 0.29) is 0 Å². The lowest BCUT2D eigenvalue weighted by atomic mass is 10.2. The highest BCUT2D eigenvalue weighted by Crippen LogP contribution is 2.10. The summed E-state index contributed by atoms with van der Waals surface area (Å²) in [7, 11) is 1.93. The Labute approximate surface area is 102 Å². The summed E-state index contributed by atoms with van der Waals surface area (Å²) >= 11 is 5.75. The first kappa shape index (κ1) is 12.8. The van der Waals surface area contributed by atoms with E-state index in [0.29, 0.717) is 5.15 Å². The quantitative estimate of drug-likeness (QED) is 0.801. The van der Waals surface area contributed by atoms with E-state index in [1.54, 1.807) is 0 Å². The predicted octanol–water partition coefficient (Wildman–Crippen LogP) is 2.64. The standard InChI is InChI=1S/C12H18ClN3/c1-4-12(14-3)16(5-2)9-10-6-7-11(13)15-8-10/h4,6-8,14H,5,9H2,1-3H3. The summed E-state index contributed by atoms with van der Waals surface area (Å²) in [5, 5.41) is 3.71. The van der Waals surface area contributed by atoms with Crippen molar-refractivity contribution in [1.82, 2.24) is 15.2 Å². The van der Waals surface area contributed by atoms with Crippen LogP contribution < -0.4 is 5.32 Å². The molecule has 0 atom stereocenters. The Balaban J connectivity index is 2.73. The molecule has 0 unspecified atom stereocenters. The third-order valence-electron chi connectivity index (χ3n) is 2.41. The van der Waals surface area contributed by atoms with Crippen molar-refractivity contribution < 1.29 is 0 Å². The van der Waals surface area contributed by atoms with Gasteiger partial charge >= 0.3 is 0 Å². The van der Waals surface area contributed by atoms with Crippen LogP contribution in [-0.4, -0.2) is 23.5 Å². The van der Waals surface area contributed by atoms with Gasteiger partial charge in [0.05, 0.1) is 5.82 Å². The second-order valence-corrected chi connectivity index (χ2v) is 3.81. The van der Waals surface area contributed by atoms with Gasteiger partial charge in [-0.2, -0.15) is 0 Å². The summed E-state index contributed by atoms with van der Waals surface area (Å²) in [6, 6.07) is 3.82. The molecule has 0 radical (unpaired) electrons. The zero-order valence-corrected chi connectivity index (χ0v) is 10.8. The van der Waals surface area contributed by atoms with Crippen LogP contribution in [0, 0.1) is 0 Å². The maximum atomic E-state index is 5.75. The molecule has 0 saturated carbocycles. The fraction of sp³-hybridized carbons (Fsp3) is 0.417. The minimum atomic E-state index is 0.534. The van der Waals surface area contributed by atoms with E-state index in [4.69, 9.17) is 11.6 Å². The molecular formula is C12H18ClN3. The first-order chi connectivity index (χ1) is 7.71. The minimum absolute atomic E-state index is 0.534. The van der Waals surface area contributed by atoms with E-state index in [9.17, 15) is 0 Å². The predicted molar refractivity (Wildman–Crippen MR) is 68.1 cm³/mol. The number of aromatic nitrogens is 1. The van der Waals surface area contributed by atoms with Gasteiger partial charge in [0.25, 0.3) is 0 Å². The minimum Gasteiger partial charge on any atom is -0.375 e. The van der Waals surface area contributed by atoms with Crippen LogP contribution in [0.3, 0.4) is 0 Å². The van der Waals surface area contributed by atoms with Crippen LogP contribution in [0.25, 0.3) is 0 Å². The first-order valence-corrected chi connectivity index (χ1v) is 5.78. The number of rotatable bonds is 5. The topological polar surface area (TPSA) is 28.2 Å². The van der Waals surface area contributed by atoms with Gasteiger partial charge in [0.1, 0.15) is 5.15 Å². The normalized spacial score (nSPS) is 11.4. The first-order valence-electron chi connectivity index (χ1n) is 5.40. The van der Waals surface area contributed by atoms with Crippen molar-refractivity contribution in [2.75, 3.05) is 13.6 Å². The van der Waals surface area contributed by atoms with Crippen LogP contribution in [0.5, 0.6) is 0 Å². The molecule has 3 nitrogen and oxygen atoms in total. The second kappa shape index (κ2) is 6.38. The van der Waals surface area contributed by atoms with Crippen LogP contribution in [0.15, 0.2) is 30.2 Å². The van der Waals surface area contributed by atoms with Crippen molar-refractivity contribution in [2.45, 2.75) is 20.4 Å². The second-order valence-electron chi connectivity index (χ2n) is 3.43. The monoisotopic (exact) mass is 239 g/mol. The van der Waals surface area contributed by atoms with Crippen LogP contribution in [-0.2, 0) is 6.54 Å². The molecule has 0 aliphatic rings. The number of hydrogen-bond acceptors (Lipinski definition) is 3. The summed E-state index contributed by atoms with van der Waals surface area (Å²) in [4.78, 5) is 6.32. The molecule has 1 aromatic rings. The van der Waals surface area contributed by atoms with Crippen molar-refractivity contribution in [3.8, 4) is 0 Å². The lowest BCUT2D eigenvalue weighted by molar-refractivity contribution is 0.333. The van der Waals surface area contributed by atoms with Gasteiger partial charge in [-0.05, 0) is 31.6 Å². The molecule has 0 aromatic carbocycles. The van der Waals surface area contributed by atoms with Crippen molar-refractivity contribution in [2.24, 2.45) is 0 Å². The number of halogens is 1. The van der Waals surface area contributed by atoms with Crippen LogP contribution in [0.1, 0.15) is 19.4 Å². The molecule has 4 heteroatoms. The Hall–Kier alpha value is -1.22. The molecule has 0 amide bonds. The Morgan fingerprint density at radius 2 is 2.31 bits per heavy atom. The summed E-state index contributed by atoms with van der Waals surface area (Å²) < 4.78 is 0. The van der Waals surface area contributed by atoms with E-state index in [1.165, 1.54) is 0 Å². The third-order valence-corrected chi connectivity index (χ3v) is 2.64. The van der Waals surface area contributed by atoms with Crippen molar-refractivity contribution in [3.05, 3.63) is 40.9 Å². The van der Waals surface area contributed by atoms with Gasteiger partial charge < -0.3 is 10.2 Å². The van der Waals surface area contributed by atoms with Crippen molar-refractivity contribution in [1.29, 1.82) is 0 Å². The molecule has 16 heavy (non-hydrogen) atoms. The Kier molecular flexibility index (Phi) is 5.12. The molecule has 0 aliphatic carbocycles. The van der Waals surface area contributed by atoms with E-state index in [1.807, 2.05) is 32.3 Å². The average Bonchev–Trinajstić information content (AvgIpc) is 2.32. The maximum Gasteiger partial charge on any atom is 0.129 e. The van der Waals surface area contributed by atoms with Gasteiger partial charge in [-0.15, -0.1) is 0 Å². The van der Waals surface area contributed by atoms with Crippen molar-refractivity contribution in [3.63, 3.8) is 0 Å². The highest BCUT2D eigenvalue weighted by molar-refractivity contribution is 6.29. The summed E-state index contributed by atoms with van der Waals surface area (Å²) in [5.41, 5.74) is 1.15. The zero-order valence-electron chi connectivity index (χ0n) is 10.00. The molecule has 1 rings (SSSR count). The molecular weight excluding hydrogens is 222 g/mol. The number of pyridine rings is 1. The third kappa shape index (κ3) is 3.42. The van der Waals surface area contributed by atoms with Crippen LogP contribution in [0.2, 0.25) is 5.15 Å². The number of nitrogens with one attached hydrogen (secondary N) is 1. The molecule has 0 bridgehead atoms. The molecule has 1 aromatic heterocycles. The van der Waals surface area contributed by atoms with Gasteiger partial charge in [0.2, 0.25) is 0 Å². The largest absolute Gasteiger partial charge is 0.375 e. The van der Waals surface area contributed by atoms with E-state index < -0.39 is 0 Å². The number of nitrogens with zero attached hydrogens (tertiary/aromatic N) is 2. The maximum absolute atomic E-state index is 5.75. The molecule has 0 fully saturated rings. The van der Waals surface area contributed by atoms with Gasteiger partial charge in [-0.1, -0.05) is 17.7 Å². The van der Waals surface area contributed by atoms with Gasteiger partial charge in [-0.3, -0.25) is 0 Å². The fourth-order valence-corrected chi connectivity index (χ4v) is 1.68. The summed E-state index contributed by atoms with van der Waals surface area (Å²) in [6.45, 7) is 5.93. The Bertz CT molecular complexity index is 346. The Morgan fingerprint density at radius 3 is 2.75 bits per heavy atom. The average molecular weight is 240 g/mol. The van der Waals surface area contributed by atoms with Gasteiger partial charge in [0.15, 0.2) is 0 Å². The lowest BCUT2D eigenvalue weighted by Crippen LogP contribution is -2.29. The lowest BCUT2D eigenvalue weighted by Gasteiger charge is -2.25. The highest BCUT2D eigenvalue weighted by atomic mass is 35.5. The smallest absolute Gasteiger partial charge is 0.129 e.